The summed E-state index contributed by atoms with van der Waals surface area (Å²) in [6, 6.07) is -0.102. The highest BCUT2D eigenvalue weighted by Crippen LogP contribution is 2.32. The molecule has 0 aliphatic heterocycles. The monoisotopic (exact) mass is 236 g/mol. The Morgan fingerprint density at radius 2 is 2.13 bits per heavy atom. The molecule has 0 saturated heterocycles. The van der Waals surface area contributed by atoms with Gasteiger partial charge in [0.15, 0.2) is 0 Å². The first-order chi connectivity index (χ1) is 7.01. The molecule has 1 aliphatic carbocycles. The van der Waals surface area contributed by atoms with Crippen LogP contribution in [0.4, 0.5) is 0 Å². The number of methoxy groups -OCH3 is 1. The van der Waals surface area contributed by atoms with Crippen molar-refractivity contribution in [3.8, 4) is 0 Å². The molecule has 0 spiro atoms. The summed E-state index contributed by atoms with van der Waals surface area (Å²) in [7, 11) is -1.80. The first kappa shape index (κ1) is 12.9. The molecule has 0 aromatic carbocycles. The molecule has 5 nitrogen and oxygen atoms in total. The molecule has 0 amide bonds. The first-order valence-electron chi connectivity index (χ1n) is 5.21. The van der Waals surface area contributed by atoms with Gasteiger partial charge in [-0.2, -0.15) is 0 Å². The van der Waals surface area contributed by atoms with Crippen LogP contribution in [0.1, 0.15) is 19.8 Å². The Balaban J connectivity index is 2.53. The van der Waals surface area contributed by atoms with E-state index < -0.39 is 15.3 Å². The van der Waals surface area contributed by atoms with Gasteiger partial charge in [-0.3, -0.25) is 0 Å². The van der Waals surface area contributed by atoms with E-state index in [-0.39, 0.29) is 12.6 Å². The van der Waals surface area contributed by atoms with Crippen molar-refractivity contribution in [2.45, 2.75) is 31.1 Å². The average molecular weight is 236 g/mol. The summed E-state index contributed by atoms with van der Waals surface area (Å²) in [5, 5.41) is -0.532. The van der Waals surface area contributed by atoms with Crippen LogP contribution in [-0.4, -0.2) is 40.0 Å². The van der Waals surface area contributed by atoms with Crippen molar-refractivity contribution in [2.75, 3.05) is 20.3 Å². The average Bonchev–Trinajstić information content (AvgIpc) is 2.98. The zero-order valence-corrected chi connectivity index (χ0v) is 10.1. The predicted molar refractivity (Wildman–Crippen MR) is 59.0 cm³/mol. The number of hydrogen-bond acceptors (Lipinski definition) is 4. The van der Waals surface area contributed by atoms with Gasteiger partial charge in [0.1, 0.15) is 0 Å². The Bertz CT molecular complexity index is 288. The molecular formula is C9H20N2O3S. The van der Waals surface area contributed by atoms with Crippen molar-refractivity contribution in [3.05, 3.63) is 0 Å². The molecule has 1 fully saturated rings. The molecular weight excluding hydrogens is 216 g/mol. The summed E-state index contributed by atoms with van der Waals surface area (Å²) in [5.74, 6) is 0.430. The summed E-state index contributed by atoms with van der Waals surface area (Å²) in [4.78, 5) is 0. The maximum atomic E-state index is 11.8. The number of sulfonamides is 1. The third kappa shape index (κ3) is 3.71. The Hall–Kier alpha value is -0.170. The first-order valence-corrected chi connectivity index (χ1v) is 6.76. The van der Waals surface area contributed by atoms with Crippen molar-refractivity contribution in [1.29, 1.82) is 0 Å². The summed E-state index contributed by atoms with van der Waals surface area (Å²) in [6.07, 6.45) is 2.14. The lowest BCUT2D eigenvalue weighted by Gasteiger charge is -2.19. The van der Waals surface area contributed by atoms with Gasteiger partial charge < -0.3 is 10.5 Å². The van der Waals surface area contributed by atoms with E-state index in [9.17, 15) is 8.42 Å². The fourth-order valence-corrected chi connectivity index (χ4v) is 2.75. The van der Waals surface area contributed by atoms with Gasteiger partial charge in [0.25, 0.3) is 0 Å². The minimum atomic E-state index is -3.29. The van der Waals surface area contributed by atoms with Crippen LogP contribution in [0.2, 0.25) is 0 Å². The van der Waals surface area contributed by atoms with Crippen LogP contribution in [-0.2, 0) is 14.8 Å². The second-order valence-corrected chi connectivity index (χ2v) is 6.24. The van der Waals surface area contributed by atoms with E-state index in [1.165, 1.54) is 7.11 Å². The van der Waals surface area contributed by atoms with Gasteiger partial charge in [-0.25, -0.2) is 13.1 Å². The molecule has 15 heavy (non-hydrogen) atoms. The molecule has 2 atom stereocenters. The molecule has 90 valence electrons. The van der Waals surface area contributed by atoms with E-state index in [1.807, 2.05) is 0 Å². The summed E-state index contributed by atoms with van der Waals surface area (Å²) < 4.78 is 31.0. The number of hydrogen-bond donors (Lipinski definition) is 2. The third-order valence-electron chi connectivity index (χ3n) is 2.69. The molecule has 3 N–H and O–H groups in total. The van der Waals surface area contributed by atoms with E-state index in [0.29, 0.717) is 12.5 Å². The van der Waals surface area contributed by atoms with Gasteiger partial charge in [0, 0.05) is 19.7 Å². The van der Waals surface area contributed by atoms with Crippen molar-refractivity contribution in [3.63, 3.8) is 0 Å². The van der Waals surface area contributed by atoms with Gasteiger partial charge in [-0.1, -0.05) is 0 Å². The smallest absolute Gasteiger partial charge is 0.216 e. The van der Waals surface area contributed by atoms with E-state index >= 15 is 0 Å². The lowest BCUT2D eigenvalue weighted by atomic mass is 10.2. The van der Waals surface area contributed by atoms with Crippen molar-refractivity contribution < 1.29 is 13.2 Å². The standard InChI is InChI=1S/C9H20N2O3S/c1-7(6-14-2)15(12,13)11-9(5-10)8-3-4-8/h7-9,11H,3-6,10H2,1-2H3/t7-,9-/m0/s1. The van der Waals surface area contributed by atoms with Crippen LogP contribution in [0.3, 0.4) is 0 Å². The Labute approximate surface area is 91.4 Å². The van der Waals surface area contributed by atoms with E-state index in [1.54, 1.807) is 6.92 Å². The minimum Gasteiger partial charge on any atom is -0.383 e. The lowest BCUT2D eigenvalue weighted by Crippen LogP contribution is -2.46. The van der Waals surface area contributed by atoms with Crippen LogP contribution in [0.5, 0.6) is 0 Å². The minimum absolute atomic E-state index is 0.102. The quantitative estimate of drug-likeness (QED) is 0.634. The second kappa shape index (κ2) is 5.25. The van der Waals surface area contributed by atoms with Gasteiger partial charge in [0.05, 0.1) is 11.9 Å². The van der Waals surface area contributed by atoms with E-state index in [2.05, 4.69) is 4.72 Å². The third-order valence-corrected chi connectivity index (χ3v) is 4.52. The second-order valence-electron chi connectivity index (χ2n) is 4.11. The highest BCUT2D eigenvalue weighted by molar-refractivity contribution is 7.90. The Morgan fingerprint density at radius 1 is 1.53 bits per heavy atom. The summed E-state index contributed by atoms with van der Waals surface area (Å²) in [6.45, 7) is 2.20. The van der Waals surface area contributed by atoms with Gasteiger partial charge in [-0.05, 0) is 25.7 Å². The largest absolute Gasteiger partial charge is 0.383 e. The molecule has 0 unspecified atom stereocenters. The molecule has 0 heterocycles. The fraction of sp³-hybridized carbons (Fsp3) is 1.00. The predicted octanol–water partition coefficient (Wildman–Crippen LogP) is -0.322. The fourth-order valence-electron chi connectivity index (χ4n) is 1.49. The maximum Gasteiger partial charge on any atom is 0.216 e. The van der Waals surface area contributed by atoms with Gasteiger partial charge in [0.2, 0.25) is 10.0 Å². The van der Waals surface area contributed by atoms with E-state index in [4.69, 9.17) is 10.5 Å². The highest BCUT2D eigenvalue weighted by atomic mass is 32.2. The van der Waals surface area contributed by atoms with Crippen molar-refractivity contribution >= 4 is 10.0 Å². The molecule has 0 bridgehead atoms. The van der Waals surface area contributed by atoms with Crippen LogP contribution >= 0.6 is 0 Å². The van der Waals surface area contributed by atoms with E-state index in [0.717, 1.165) is 12.8 Å². The number of nitrogens with one attached hydrogen (secondary N) is 1. The number of rotatable bonds is 7. The van der Waals surface area contributed by atoms with Gasteiger partial charge >= 0.3 is 0 Å². The maximum absolute atomic E-state index is 11.8. The number of ether oxygens (including phenoxy) is 1. The molecule has 1 rings (SSSR count). The normalized spacial score (nSPS) is 21.3. The topological polar surface area (TPSA) is 81.4 Å². The van der Waals surface area contributed by atoms with Crippen molar-refractivity contribution in [2.24, 2.45) is 11.7 Å². The van der Waals surface area contributed by atoms with Crippen LogP contribution in [0.15, 0.2) is 0 Å². The zero-order chi connectivity index (χ0) is 11.5. The molecule has 1 aliphatic rings. The molecule has 1 saturated carbocycles. The molecule has 6 heteroatoms. The molecule has 0 radical (unpaired) electrons. The molecule has 0 aromatic rings. The lowest BCUT2D eigenvalue weighted by molar-refractivity contribution is 0.200. The highest BCUT2D eigenvalue weighted by Gasteiger charge is 2.34. The van der Waals surface area contributed by atoms with Gasteiger partial charge in [-0.15, -0.1) is 0 Å². The Kier molecular flexibility index (Phi) is 4.51. The van der Waals surface area contributed by atoms with Crippen LogP contribution in [0.25, 0.3) is 0 Å². The SMILES string of the molecule is COC[C@H](C)S(=O)(=O)N[C@@H](CN)C1CC1. The van der Waals surface area contributed by atoms with Crippen molar-refractivity contribution in [1.82, 2.24) is 4.72 Å². The van der Waals surface area contributed by atoms with Crippen LogP contribution in [0, 0.1) is 5.92 Å². The summed E-state index contributed by atoms with van der Waals surface area (Å²) >= 11 is 0. The zero-order valence-electron chi connectivity index (χ0n) is 9.27. The number of nitrogens with two attached hydrogens (primary N) is 1. The van der Waals surface area contributed by atoms with Crippen LogP contribution < -0.4 is 10.5 Å². The molecule has 0 aromatic heterocycles. The summed E-state index contributed by atoms with van der Waals surface area (Å²) in [5.41, 5.74) is 5.54. The Morgan fingerprint density at radius 3 is 2.53 bits per heavy atom.